The molecule has 0 amide bonds. The minimum absolute atomic E-state index is 0.497. The van der Waals surface area contributed by atoms with Crippen molar-refractivity contribution in [3.8, 4) is 0 Å². The first-order valence-corrected chi connectivity index (χ1v) is 7.20. The lowest BCUT2D eigenvalue weighted by Crippen LogP contribution is -2.30. The van der Waals surface area contributed by atoms with Crippen LogP contribution in [0.4, 0.5) is 0 Å². The molecule has 0 aliphatic carbocycles. The lowest BCUT2D eigenvalue weighted by Gasteiger charge is -2.39. The minimum atomic E-state index is 0.497. The molecule has 2 atom stereocenters. The topological polar surface area (TPSA) is 0 Å². The molecule has 16 heavy (non-hydrogen) atoms. The highest BCUT2D eigenvalue weighted by Gasteiger charge is 2.31. The Hall–Kier alpha value is 0. The van der Waals surface area contributed by atoms with Gasteiger partial charge in [0.15, 0.2) is 0 Å². The van der Waals surface area contributed by atoms with Crippen molar-refractivity contribution in [3.05, 3.63) is 0 Å². The van der Waals surface area contributed by atoms with E-state index in [1.165, 1.54) is 19.3 Å². The summed E-state index contributed by atoms with van der Waals surface area (Å²) in [6.07, 6.45) is 4.07. The van der Waals surface area contributed by atoms with Crippen LogP contribution in [0.5, 0.6) is 0 Å². The standard InChI is InChI=1S/C16H34/c1-9-15(13(4)5)16(7,8)11-14(6)10-12(2)3/h12-15H,9-11H2,1-8H3. The molecule has 0 nitrogen and oxygen atoms in total. The number of hydrogen-bond donors (Lipinski definition) is 0. The van der Waals surface area contributed by atoms with Crippen LogP contribution < -0.4 is 0 Å². The monoisotopic (exact) mass is 226 g/mol. The highest BCUT2D eigenvalue weighted by Crippen LogP contribution is 2.41. The summed E-state index contributed by atoms with van der Waals surface area (Å²) in [4.78, 5) is 0. The maximum atomic E-state index is 2.47. The third kappa shape index (κ3) is 5.37. The van der Waals surface area contributed by atoms with Gasteiger partial charge in [-0.05, 0) is 41.9 Å². The molecular formula is C16H34. The second-order valence-electron chi connectivity index (χ2n) is 7.19. The van der Waals surface area contributed by atoms with Gasteiger partial charge in [-0.3, -0.25) is 0 Å². The number of hydrogen-bond acceptors (Lipinski definition) is 0. The Morgan fingerprint density at radius 1 is 0.938 bits per heavy atom. The minimum Gasteiger partial charge on any atom is -0.0651 e. The summed E-state index contributed by atoms with van der Waals surface area (Å²) in [7, 11) is 0. The van der Waals surface area contributed by atoms with Gasteiger partial charge in [0.2, 0.25) is 0 Å². The van der Waals surface area contributed by atoms with Gasteiger partial charge in [-0.15, -0.1) is 0 Å². The van der Waals surface area contributed by atoms with Crippen molar-refractivity contribution in [1.82, 2.24) is 0 Å². The van der Waals surface area contributed by atoms with E-state index in [-0.39, 0.29) is 0 Å². The molecule has 2 unspecified atom stereocenters. The van der Waals surface area contributed by atoms with Crippen molar-refractivity contribution in [2.75, 3.05) is 0 Å². The maximum Gasteiger partial charge on any atom is -0.0321 e. The van der Waals surface area contributed by atoms with E-state index in [4.69, 9.17) is 0 Å². The van der Waals surface area contributed by atoms with Crippen LogP contribution in [0.15, 0.2) is 0 Å². The number of rotatable bonds is 7. The maximum absolute atomic E-state index is 2.47. The first kappa shape index (κ1) is 16.0. The van der Waals surface area contributed by atoms with Crippen LogP contribution in [0.3, 0.4) is 0 Å². The molecule has 0 aromatic carbocycles. The van der Waals surface area contributed by atoms with E-state index in [2.05, 4.69) is 55.4 Å². The van der Waals surface area contributed by atoms with Crippen LogP contribution in [-0.2, 0) is 0 Å². The van der Waals surface area contributed by atoms with Gasteiger partial charge in [0.25, 0.3) is 0 Å². The van der Waals surface area contributed by atoms with Gasteiger partial charge in [0, 0.05) is 0 Å². The Bertz CT molecular complexity index is 176. The quantitative estimate of drug-likeness (QED) is 0.517. The zero-order chi connectivity index (χ0) is 12.9. The summed E-state index contributed by atoms with van der Waals surface area (Å²) in [6.45, 7) is 19.1. The van der Waals surface area contributed by atoms with Gasteiger partial charge in [0.1, 0.15) is 0 Å². The van der Waals surface area contributed by atoms with Crippen molar-refractivity contribution in [3.63, 3.8) is 0 Å². The van der Waals surface area contributed by atoms with Gasteiger partial charge in [-0.25, -0.2) is 0 Å². The van der Waals surface area contributed by atoms with E-state index in [0.29, 0.717) is 5.41 Å². The summed E-state index contributed by atoms with van der Waals surface area (Å²) in [6, 6.07) is 0. The van der Waals surface area contributed by atoms with Crippen molar-refractivity contribution in [2.45, 2.75) is 74.7 Å². The Morgan fingerprint density at radius 2 is 1.44 bits per heavy atom. The first-order valence-electron chi connectivity index (χ1n) is 7.20. The Labute approximate surface area is 104 Å². The predicted octanol–water partition coefficient (Wildman–Crippen LogP) is 5.77. The smallest absolute Gasteiger partial charge is 0.0321 e. The van der Waals surface area contributed by atoms with E-state index in [9.17, 15) is 0 Å². The van der Waals surface area contributed by atoms with Crippen LogP contribution in [0.1, 0.15) is 74.7 Å². The average Bonchev–Trinajstić information content (AvgIpc) is 1.99. The summed E-state index contributed by atoms with van der Waals surface area (Å²) < 4.78 is 0. The normalized spacial score (nSPS) is 16.9. The fraction of sp³-hybridized carbons (Fsp3) is 1.00. The van der Waals surface area contributed by atoms with Crippen LogP contribution in [0, 0.1) is 29.1 Å². The van der Waals surface area contributed by atoms with Gasteiger partial charge >= 0.3 is 0 Å². The zero-order valence-electron chi connectivity index (χ0n) is 12.9. The molecule has 0 heterocycles. The molecule has 0 N–H and O–H groups in total. The lowest BCUT2D eigenvalue weighted by atomic mass is 9.67. The predicted molar refractivity (Wildman–Crippen MR) is 75.6 cm³/mol. The molecular weight excluding hydrogens is 192 g/mol. The van der Waals surface area contributed by atoms with Crippen molar-refractivity contribution in [1.29, 1.82) is 0 Å². The Morgan fingerprint density at radius 3 is 1.75 bits per heavy atom. The largest absolute Gasteiger partial charge is 0.0651 e. The molecule has 0 heteroatoms. The first-order chi connectivity index (χ1) is 7.20. The molecule has 98 valence electrons. The van der Waals surface area contributed by atoms with E-state index >= 15 is 0 Å². The molecule has 0 saturated carbocycles. The lowest BCUT2D eigenvalue weighted by molar-refractivity contribution is 0.112. The molecule has 0 aliphatic rings. The van der Waals surface area contributed by atoms with Gasteiger partial charge in [0.05, 0.1) is 0 Å². The Balaban J connectivity index is 4.41. The van der Waals surface area contributed by atoms with Crippen LogP contribution in [0.25, 0.3) is 0 Å². The molecule has 0 rings (SSSR count). The van der Waals surface area contributed by atoms with E-state index < -0.39 is 0 Å². The van der Waals surface area contributed by atoms with Crippen LogP contribution in [0.2, 0.25) is 0 Å². The van der Waals surface area contributed by atoms with E-state index in [0.717, 1.165) is 23.7 Å². The third-order valence-corrected chi connectivity index (χ3v) is 4.00. The van der Waals surface area contributed by atoms with Crippen molar-refractivity contribution < 1.29 is 0 Å². The van der Waals surface area contributed by atoms with Crippen molar-refractivity contribution in [2.24, 2.45) is 29.1 Å². The highest BCUT2D eigenvalue weighted by atomic mass is 14.4. The third-order valence-electron chi connectivity index (χ3n) is 4.00. The highest BCUT2D eigenvalue weighted by molar-refractivity contribution is 4.81. The van der Waals surface area contributed by atoms with Crippen molar-refractivity contribution >= 4 is 0 Å². The molecule has 0 spiro atoms. The van der Waals surface area contributed by atoms with Gasteiger partial charge in [-0.2, -0.15) is 0 Å². The molecule has 0 aromatic heterocycles. The molecule has 0 saturated heterocycles. The second kappa shape index (κ2) is 6.67. The van der Waals surface area contributed by atoms with E-state index in [1.807, 2.05) is 0 Å². The van der Waals surface area contributed by atoms with Gasteiger partial charge in [-0.1, -0.05) is 61.8 Å². The summed E-state index contributed by atoms with van der Waals surface area (Å²) in [5.74, 6) is 3.38. The molecule has 0 bridgehead atoms. The second-order valence-corrected chi connectivity index (χ2v) is 7.19. The fourth-order valence-electron chi connectivity index (χ4n) is 3.86. The molecule has 0 aliphatic heterocycles. The molecule has 0 radical (unpaired) electrons. The zero-order valence-corrected chi connectivity index (χ0v) is 12.9. The van der Waals surface area contributed by atoms with Crippen LogP contribution >= 0.6 is 0 Å². The SMILES string of the molecule is CCC(C(C)C)C(C)(C)CC(C)CC(C)C. The summed E-state index contributed by atoms with van der Waals surface area (Å²) in [5.41, 5.74) is 0.497. The Kier molecular flexibility index (Phi) is 6.67. The van der Waals surface area contributed by atoms with E-state index in [1.54, 1.807) is 0 Å². The summed E-state index contributed by atoms with van der Waals surface area (Å²) >= 11 is 0. The average molecular weight is 226 g/mol. The summed E-state index contributed by atoms with van der Waals surface area (Å²) in [5, 5.41) is 0. The molecule has 0 aromatic rings. The fourth-order valence-corrected chi connectivity index (χ4v) is 3.86. The van der Waals surface area contributed by atoms with Crippen LogP contribution in [-0.4, -0.2) is 0 Å². The van der Waals surface area contributed by atoms with Gasteiger partial charge < -0.3 is 0 Å². The molecule has 0 fully saturated rings.